The summed E-state index contributed by atoms with van der Waals surface area (Å²) in [5.41, 5.74) is -0.221. The number of halogens is 1. The Morgan fingerprint density at radius 1 is 1.10 bits per heavy atom. The van der Waals surface area contributed by atoms with E-state index in [0.717, 1.165) is 19.3 Å². The number of benzene rings is 1. The van der Waals surface area contributed by atoms with Gasteiger partial charge in [0.1, 0.15) is 13.2 Å². The van der Waals surface area contributed by atoms with Gasteiger partial charge in [-0.1, -0.05) is 30.9 Å². The second kappa shape index (κ2) is 5.17. The summed E-state index contributed by atoms with van der Waals surface area (Å²) >= 11 is 6.33. The monoisotopic (exact) mass is 296 g/mol. The van der Waals surface area contributed by atoms with E-state index in [2.05, 4.69) is 0 Å². The van der Waals surface area contributed by atoms with Crippen molar-refractivity contribution in [3.63, 3.8) is 0 Å². The van der Waals surface area contributed by atoms with Crippen LogP contribution in [0.1, 0.15) is 37.7 Å². The van der Waals surface area contributed by atoms with Crippen LogP contribution in [-0.4, -0.2) is 24.3 Å². The third-order valence-corrected chi connectivity index (χ3v) is 4.58. The Kier molecular flexibility index (Phi) is 3.50. The predicted molar refractivity (Wildman–Crippen MR) is 74.8 cm³/mol. The molecule has 0 unspecified atom stereocenters. The molecule has 0 aromatic heterocycles. The van der Waals surface area contributed by atoms with Crippen LogP contribution in [0.25, 0.3) is 0 Å². The van der Waals surface area contributed by atoms with Gasteiger partial charge in [-0.3, -0.25) is 4.79 Å². The Bertz CT molecular complexity index is 535. The van der Waals surface area contributed by atoms with E-state index in [0.29, 0.717) is 48.1 Å². The molecule has 1 aliphatic heterocycles. The lowest BCUT2D eigenvalue weighted by molar-refractivity contribution is -0.145. The average Bonchev–Trinajstić information content (AvgIpc) is 2.47. The molecule has 1 fully saturated rings. The third-order valence-electron chi connectivity index (χ3n) is 4.26. The molecule has 0 amide bonds. The molecular formula is C15H17ClO4. The lowest BCUT2D eigenvalue weighted by Crippen LogP contribution is -2.38. The van der Waals surface area contributed by atoms with Crippen molar-refractivity contribution in [2.24, 2.45) is 0 Å². The summed E-state index contributed by atoms with van der Waals surface area (Å²) in [6.45, 7) is 0.973. The van der Waals surface area contributed by atoms with E-state index >= 15 is 0 Å². The first kappa shape index (κ1) is 13.6. The van der Waals surface area contributed by atoms with Crippen molar-refractivity contribution in [2.75, 3.05) is 13.2 Å². The second-order valence-electron chi connectivity index (χ2n) is 5.42. The molecule has 1 aliphatic carbocycles. The Morgan fingerprint density at radius 2 is 1.70 bits per heavy atom. The molecule has 0 spiro atoms. The predicted octanol–water partition coefficient (Wildman–Crippen LogP) is 3.40. The van der Waals surface area contributed by atoms with Crippen LogP contribution in [0.5, 0.6) is 11.5 Å². The van der Waals surface area contributed by atoms with Gasteiger partial charge >= 0.3 is 5.97 Å². The third kappa shape index (κ3) is 2.12. The quantitative estimate of drug-likeness (QED) is 0.909. The minimum Gasteiger partial charge on any atom is -0.486 e. The van der Waals surface area contributed by atoms with Crippen molar-refractivity contribution in [3.8, 4) is 11.5 Å². The molecule has 0 saturated heterocycles. The molecule has 1 saturated carbocycles. The van der Waals surface area contributed by atoms with Gasteiger partial charge in [0.25, 0.3) is 0 Å². The van der Waals surface area contributed by atoms with Gasteiger partial charge in [-0.15, -0.1) is 0 Å². The highest BCUT2D eigenvalue weighted by molar-refractivity contribution is 6.32. The van der Waals surface area contributed by atoms with Crippen LogP contribution in [-0.2, 0) is 10.2 Å². The normalized spacial score (nSPS) is 20.4. The SMILES string of the molecule is O=C(O)C1(c2cc3c(cc2Cl)OCCO3)CCCCC1. The van der Waals surface area contributed by atoms with Crippen molar-refractivity contribution in [1.82, 2.24) is 0 Å². The van der Waals surface area contributed by atoms with Crippen LogP contribution >= 0.6 is 11.6 Å². The van der Waals surface area contributed by atoms with E-state index in [4.69, 9.17) is 21.1 Å². The molecule has 4 nitrogen and oxygen atoms in total. The van der Waals surface area contributed by atoms with E-state index in [1.807, 2.05) is 0 Å². The van der Waals surface area contributed by atoms with Gasteiger partial charge in [-0.2, -0.15) is 0 Å². The van der Waals surface area contributed by atoms with Gasteiger partial charge in [-0.25, -0.2) is 0 Å². The highest BCUT2D eigenvalue weighted by Crippen LogP contribution is 2.46. The van der Waals surface area contributed by atoms with Crippen molar-refractivity contribution >= 4 is 17.6 Å². The first-order chi connectivity index (χ1) is 9.63. The van der Waals surface area contributed by atoms with E-state index in [1.54, 1.807) is 12.1 Å². The Morgan fingerprint density at radius 3 is 2.30 bits per heavy atom. The molecule has 0 radical (unpaired) electrons. The van der Waals surface area contributed by atoms with Gasteiger partial charge in [0, 0.05) is 11.1 Å². The zero-order valence-electron chi connectivity index (χ0n) is 11.2. The van der Waals surface area contributed by atoms with E-state index in [1.165, 1.54) is 0 Å². The lowest BCUT2D eigenvalue weighted by Gasteiger charge is -2.35. The summed E-state index contributed by atoms with van der Waals surface area (Å²) in [7, 11) is 0. The standard InChI is InChI=1S/C15H17ClO4/c16-11-9-13-12(19-6-7-20-13)8-10(11)15(14(17)18)4-2-1-3-5-15/h8-9H,1-7H2,(H,17,18). The second-order valence-corrected chi connectivity index (χ2v) is 5.83. The minimum atomic E-state index is -0.884. The smallest absolute Gasteiger partial charge is 0.314 e. The van der Waals surface area contributed by atoms with Crippen LogP contribution in [0.15, 0.2) is 12.1 Å². The number of ether oxygens (including phenoxy) is 2. The van der Waals surface area contributed by atoms with Gasteiger partial charge in [-0.05, 0) is 24.5 Å². The number of carbonyl (C=O) groups is 1. The number of aliphatic carboxylic acids is 1. The maximum atomic E-state index is 11.9. The van der Waals surface area contributed by atoms with Crippen molar-refractivity contribution in [1.29, 1.82) is 0 Å². The number of hydrogen-bond acceptors (Lipinski definition) is 3. The van der Waals surface area contributed by atoms with Crippen LogP contribution in [0.4, 0.5) is 0 Å². The molecule has 5 heteroatoms. The van der Waals surface area contributed by atoms with Gasteiger partial charge in [0.15, 0.2) is 11.5 Å². The lowest BCUT2D eigenvalue weighted by atomic mass is 9.69. The van der Waals surface area contributed by atoms with Crippen LogP contribution in [0, 0.1) is 0 Å². The summed E-state index contributed by atoms with van der Waals surface area (Å²) in [5, 5.41) is 10.2. The van der Waals surface area contributed by atoms with Crippen LogP contribution in [0.3, 0.4) is 0 Å². The molecule has 1 aromatic carbocycles. The Hall–Kier alpha value is -1.42. The zero-order chi connectivity index (χ0) is 14.2. The summed E-state index contributed by atoms with van der Waals surface area (Å²) in [6, 6.07) is 3.45. The van der Waals surface area contributed by atoms with Crippen molar-refractivity contribution in [3.05, 3.63) is 22.7 Å². The van der Waals surface area contributed by atoms with Gasteiger partial charge < -0.3 is 14.6 Å². The van der Waals surface area contributed by atoms with Crippen LogP contribution in [0.2, 0.25) is 5.02 Å². The van der Waals surface area contributed by atoms with E-state index in [-0.39, 0.29) is 0 Å². The number of carboxylic acid groups (broad SMARTS) is 1. The fourth-order valence-corrected chi connectivity index (χ4v) is 3.52. The molecule has 0 atom stereocenters. The van der Waals surface area contributed by atoms with Gasteiger partial charge in [0.2, 0.25) is 0 Å². The molecule has 1 heterocycles. The highest BCUT2D eigenvalue weighted by atomic mass is 35.5. The molecular weight excluding hydrogens is 280 g/mol. The fraction of sp³-hybridized carbons (Fsp3) is 0.533. The maximum Gasteiger partial charge on any atom is 0.314 e. The topological polar surface area (TPSA) is 55.8 Å². The molecule has 1 N–H and O–H groups in total. The first-order valence-corrected chi connectivity index (χ1v) is 7.34. The molecule has 0 bridgehead atoms. The van der Waals surface area contributed by atoms with E-state index < -0.39 is 11.4 Å². The number of hydrogen-bond donors (Lipinski definition) is 1. The van der Waals surface area contributed by atoms with E-state index in [9.17, 15) is 9.90 Å². The van der Waals surface area contributed by atoms with Crippen molar-refractivity contribution in [2.45, 2.75) is 37.5 Å². The fourth-order valence-electron chi connectivity index (χ4n) is 3.18. The molecule has 108 valence electrons. The minimum absolute atomic E-state index is 0.457. The first-order valence-electron chi connectivity index (χ1n) is 6.96. The summed E-state index contributed by atoms with van der Waals surface area (Å²) in [4.78, 5) is 11.9. The number of fused-ring (bicyclic) bond motifs is 1. The highest BCUT2D eigenvalue weighted by Gasteiger charge is 2.43. The summed E-state index contributed by atoms with van der Waals surface area (Å²) in [6.07, 6.45) is 4.16. The van der Waals surface area contributed by atoms with Crippen LogP contribution < -0.4 is 9.47 Å². The van der Waals surface area contributed by atoms with Gasteiger partial charge in [0.05, 0.1) is 5.41 Å². The molecule has 3 rings (SSSR count). The molecule has 2 aliphatic rings. The molecule has 20 heavy (non-hydrogen) atoms. The Labute approximate surface area is 122 Å². The molecule has 1 aromatic rings. The average molecular weight is 297 g/mol. The largest absolute Gasteiger partial charge is 0.486 e. The summed E-state index contributed by atoms with van der Waals surface area (Å²) < 4.78 is 11.0. The summed E-state index contributed by atoms with van der Waals surface area (Å²) in [5.74, 6) is 0.402. The zero-order valence-corrected chi connectivity index (χ0v) is 11.9. The number of carboxylic acids is 1. The Balaban J connectivity index is 2.09. The number of rotatable bonds is 2. The maximum absolute atomic E-state index is 11.9. The van der Waals surface area contributed by atoms with Crippen molar-refractivity contribution < 1.29 is 19.4 Å².